The first kappa shape index (κ1) is 11.4. The van der Waals surface area contributed by atoms with Crippen molar-refractivity contribution in [1.82, 2.24) is 5.32 Å². The minimum Gasteiger partial charge on any atom is -0.389 e. The zero-order chi connectivity index (χ0) is 9.40. The molecule has 5 heteroatoms. The molecule has 0 heterocycles. The molecule has 0 saturated heterocycles. The van der Waals surface area contributed by atoms with E-state index in [9.17, 15) is 4.79 Å². The van der Waals surface area contributed by atoms with Crippen molar-refractivity contribution in [1.29, 1.82) is 0 Å². The minimum absolute atomic E-state index is 0.291. The molecule has 1 amide bonds. The van der Waals surface area contributed by atoms with E-state index in [1.54, 1.807) is 0 Å². The average Bonchev–Trinajstić information content (AvgIpc) is 1.98. The molecular weight excluding hydrogens is 160 g/mol. The van der Waals surface area contributed by atoms with Crippen molar-refractivity contribution in [2.75, 3.05) is 26.8 Å². The predicted octanol–water partition coefficient (Wildman–Crippen LogP) is -1.54. The molecule has 0 radical (unpaired) electrons. The molecule has 0 aliphatic rings. The number of aliphatic hydroxyl groups is 1. The number of hydrogen-bond acceptors (Lipinski definition) is 4. The van der Waals surface area contributed by atoms with Crippen LogP contribution in [0.1, 0.15) is 6.42 Å². The van der Waals surface area contributed by atoms with Crippen LogP contribution < -0.4 is 11.1 Å². The molecule has 0 fully saturated rings. The second-order valence-corrected chi connectivity index (χ2v) is 2.53. The molecule has 4 N–H and O–H groups in total. The molecule has 0 aromatic carbocycles. The van der Waals surface area contributed by atoms with E-state index < -0.39 is 6.10 Å². The summed E-state index contributed by atoms with van der Waals surface area (Å²) in [6.07, 6.45) is -0.234. The van der Waals surface area contributed by atoms with E-state index in [-0.39, 0.29) is 5.91 Å². The van der Waals surface area contributed by atoms with Gasteiger partial charge in [-0.1, -0.05) is 0 Å². The molecule has 0 saturated carbocycles. The zero-order valence-electron chi connectivity index (χ0n) is 7.25. The highest BCUT2D eigenvalue weighted by Gasteiger charge is 2.01. The van der Waals surface area contributed by atoms with Gasteiger partial charge in [-0.3, -0.25) is 4.79 Å². The topological polar surface area (TPSA) is 84.6 Å². The number of nitrogens with two attached hydrogens (primary N) is 1. The van der Waals surface area contributed by atoms with E-state index in [0.717, 1.165) is 0 Å². The Morgan fingerprint density at radius 2 is 2.42 bits per heavy atom. The van der Waals surface area contributed by atoms with Gasteiger partial charge in [-0.15, -0.1) is 0 Å². The fourth-order valence-corrected chi connectivity index (χ4v) is 0.732. The van der Waals surface area contributed by atoms with E-state index in [1.165, 1.54) is 7.11 Å². The molecule has 1 unspecified atom stereocenters. The lowest BCUT2D eigenvalue weighted by Crippen LogP contribution is -2.32. The van der Waals surface area contributed by atoms with Crippen molar-refractivity contribution in [3.8, 4) is 0 Å². The monoisotopic (exact) mass is 176 g/mol. The van der Waals surface area contributed by atoms with Gasteiger partial charge in [0.15, 0.2) is 0 Å². The Hall–Kier alpha value is -0.650. The molecule has 0 aromatic rings. The molecular formula is C7H16N2O3. The molecule has 5 nitrogen and oxygen atoms in total. The Morgan fingerprint density at radius 3 is 2.92 bits per heavy atom. The van der Waals surface area contributed by atoms with E-state index in [1.807, 2.05) is 0 Å². The van der Waals surface area contributed by atoms with Crippen LogP contribution in [0.5, 0.6) is 0 Å². The summed E-state index contributed by atoms with van der Waals surface area (Å²) < 4.78 is 4.70. The fourth-order valence-electron chi connectivity index (χ4n) is 0.732. The van der Waals surface area contributed by atoms with Gasteiger partial charge < -0.3 is 20.9 Å². The number of ether oxygens (including phenoxy) is 1. The number of primary amides is 1. The maximum atomic E-state index is 10.3. The van der Waals surface area contributed by atoms with Crippen molar-refractivity contribution in [2.24, 2.45) is 5.73 Å². The summed E-state index contributed by atoms with van der Waals surface area (Å²) in [7, 11) is 1.52. The smallest absolute Gasteiger partial charge is 0.218 e. The van der Waals surface area contributed by atoms with E-state index in [4.69, 9.17) is 15.6 Å². The van der Waals surface area contributed by atoms with Crippen molar-refractivity contribution >= 4 is 5.91 Å². The van der Waals surface area contributed by atoms with Gasteiger partial charge in [-0.2, -0.15) is 0 Å². The molecule has 0 aromatic heterocycles. The number of nitrogens with one attached hydrogen (secondary N) is 1. The van der Waals surface area contributed by atoms with Crippen molar-refractivity contribution in [2.45, 2.75) is 12.5 Å². The number of methoxy groups -OCH3 is 1. The maximum absolute atomic E-state index is 10.3. The third-order valence-electron chi connectivity index (χ3n) is 1.29. The second-order valence-electron chi connectivity index (χ2n) is 2.53. The average molecular weight is 176 g/mol. The van der Waals surface area contributed by atoms with Gasteiger partial charge in [-0.05, 0) is 0 Å². The highest BCUT2D eigenvalue weighted by molar-refractivity contribution is 5.73. The van der Waals surface area contributed by atoms with Gasteiger partial charge in [0.25, 0.3) is 0 Å². The highest BCUT2D eigenvalue weighted by atomic mass is 16.5. The summed E-state index contributed by atoms with van der Waals surface area (Å²) in [5, 5.41) is 12.0. The van der Waals surface area contributed by atoms with Crippen LogP contribution in [0.4, 0.5) is 0 Å². The fraction of sp³-hybridized carbons (Fsp3) is 0.857. The second kappa shape index (κ2) is 7.02. The zero-order valence-corrected chi connectivity index (χ0v) is 7.25. The summed E-state index contributed by atoms with van der Waals surface area (Å²) in [4.78, 5) is 10.3. The van der Waals surface area contributed by atoms with Crippen molar-refractivity contribution in [3.63, 3.8) is 0 Å². The van der Waals surface area contributed by atoms with Crippen molar-refractivity contribution < 1.29 is 14.6 Å². The summed E-state index contributed by atoms with van der Waals surface area (Å²) >= 11 is 0. The van der Waals surface area contributed by atoms with Crippen LogP contribution in [0.15, 0.2) is 0 Å². The molecule has 12 heavy (non-hydrogen) atoms. The normalized spacial score (nSPS) is 12.8. The third kappa shape index (κ3) is 7.46. The van der Waals surface area contributed by atoms with Crippen LogP contribution >= 0.6 is 0 Å². The first-order chi connectivity index (χ1) is 5.66. The number of aliphatic hydroxyl groups excluding tert-OH is 1. The lowest BCUT2D eigenvalue weighted by molar-refractivity contribution is -0.117. The molecule has 0 aliphatic carbocycles. The van der Waals surface area contributed by atoms with Gasteiger partial charge in [0.05, 0.1) is 12.7 Å². The van der Waals surface area contributed by atoms with Crippen LogP contribution in [-0.4, -0.2) is 43.9 Å². The Bertz CT molecular complexity index is 130. The molecule has 1 atom stereocenters. The SMILES string of the molecule is COCC(O)CNCCC(N)=O. The molecule has 72 valence electrons. The maximum Gasteiger partial charge on any atom is 0.218 e. The van der Waals surface area contributed by atoms with Crippen LogP contribution in [-0.2, 0) is 9.53 Å². The predicted molar refractivity (Wildman–Crippen MR) is 44.6 cm³/mol. The number of carbonyl (C=O) groups excluding carboxylic acids is 1. The highest BCUT2D eigenvalue weighted by Crippen LogP contribution is 1.81. The van der Waals surface area contributed by atoms with Gasteiger partial charge in [0, 0.05) is 26.6 Å². The van der Waals surface area contributed by atoms with Gasteiger partial charge in [0.2, 0.25) is 5.91 Å². The summed E-state index contributed by atoms with van der Waals surface area (Å²) in [6.45, 7) is 1.21. The van der Waals surface area contributed by atoms with Crippen molar-refractivity contribution in [3.05, 3.63) is 0 Å². The standard InChI is InChI=1S/C7H16N2O3/c1-12-5-6(10)4-9-3-2-7(8)11/h6,9-10H,2-5H2,1H3,(H2,8,11). The summed E-state index contributed by atoms with van der Waals surface area (Å²) in [5.74, 6) is -0.344. The number of amides is 1. The first-order valence-corrected chi connectivity index (χ1v) is 3.83. The lowest BCUT2D eigenvalue weighted by atomic mass is 10.3. The number of carbonyl (C=O) groups is 1. The minimum atomic E-state index is -0.525. The van der Waals surface area contributed by atoms with Gasteiger partial charge >= 0.3 is 0 Å². The summed E-state index contributed by atoms with van der Waals surface area (Å²) in [5.41, 5.74) is 4.90. The molecule has 0 rings (SSSR count). The van der Waals surface area contributed by atoms with E-state index in [2.05, 4.69) is 5.32 Å². The van der Waals surface area contributed by atoms with Gasteiger partial charge in [0.1, 0.15) is 0 Å². The van der Waals surface area contributed by atoms with E-state index in [0.29, 0.717) is 26.1 Å². The van der Waals surface area contributed by atoms with E-state index >= 15 is 0 Å². The molecule has 0 spiro atoms. The summed E-state index contributed by atoms with van der Waals surface area (Å²) in [6, 6.07) is 0. The van der Waals surface area contributed by atoms with Crippen LogP contribution in [0.2, 0.25) is 0 Å². The van der Waals surface area contributed by atoms with Crippen LogP contribution in [0.25, 0.3) is 0 Å². The Balaban J connectivity index is 3.13. The molecule has 0 aliphatic heterocycles. The van der Waals surface area contributed by atoms with Gasteiger partial charge in [-0.25, -0.2) is 0 Å². The number of hydrogen-bond donors (Lipinski definition) is 3. The largest absolute Gasteiger partial charge is 0.389 e. The first-order valence-electron chi connectivity index (χ1n) is 3.83. The quantitative estimate of drug-likeness (QED) is 0.410. The Kier molecular flexibility index (Phi) is 6.64. The van der Waals surface area contributed by atoms with Crippen LogP contribution in [0.3, 0.4) is 0 Å². The van der Waals surface area contributed by atoms with Crippen LogP contribution in [0, 0.1) is 0 Å². The number of rotatable bonds is 7. The Labute approximate surface area is 71.9 Å². The lowest BCUT2D eigenvalue weighted by Gasteiger charge is -2.09. The molecule has 0 bridgehead atoms. The third-order valence-corrected chi connectivity index (χ3v) is 1.29. The Morgan fingerprint density at radius 1 is 1.75 bits per heavy atom.